The third-order valence-electron chi connectivity index (χ3n) is 11.8. The molecule has 4 amide bonds. The molecular formula is C46H51F2N9O4. The minimum absolute atomic E-state index is 0.0532. The van der Waals surface area contributed by atoms with Crippen molar-refractivity contribution in [3.8, 4) is 0 Å². The van der Waals surface area contributed by atoms with Gasteiger partial charge in [0, 0.05) is 67.2 Å². The minimum atomic E-state index is -0.633. The first-order valence-corrected chi connectivity index (χ1v) is 21.0. The van der Waals surface area contributed by atoms with E-state index in [1.165, 1.54) is 17.7 Å². The number of halogens is 2. The van der Waals surface area contributed by atoms with Crippen molar-refractivity contribution in [3.05, 3.63) is 113 Å². The van der Waals surface area contributed by atoms with Crippen LogP contribution in [0.25, 0.3) is 10.9 Å². The third kappa shape index (κ3) is 10.00. The van der Waals surface area contributed by atoms with Crippen molar-refractivity contribution in [1.82, 2.24) is 25.3 Å². The van der Waals surface area contributed by atoms with E-state index in [9.17, 15) is 28.0 Å². The van der Waals surface area contributed by atoms with Gasteiger partial charge in [-0.1, -0.05) is 18.2 Å². The van der Waals surface area contributed by atoms with E-state index in [0.717, 1.165) is 48.9 Å². The summed E-state index contributed by atoms with van der Waals surface area (Å²) in [5.41, 5.74) is 6.22. The number of anilines is 4. The van der Waals surface area contributed by atoms with Crippen LogP contribution in [-0.4, -0.2) is 102 Å². The third-order valence-corrected chi connectivity index (χ3v) is 11.8. The highest BCUT2D eigenvalue weighted by atomic mass is 19.1. The van der Waals surface area contributed by atoms with Crippen molar-refractivity contribution < 1.29 is 28.0 Å². The molecule has 4 heterocycles. The molecular weight excluding hydrogens is 781 g/mol. The van der Waals surface area contributed by atoms with Crippen molar-refractivity contribution in [2.24, 2.45) is 0 Å². The zero-order chi connectivity index (χ0) is 42.6. The van der Waals surface area contributed by atoms with Gasteiger partial charge in [0.05, 0.1) is 17.6 Å². The van der Waals surface area contributed by atoms with E-state index < -0.39 is 17.7 Å². The SMILES string of the molecule is CC(C)Nc1cc(N2CCN(C(=O)CN3CCC(c4ccc(NC5CCC(=O)NC5=O)cc4)CC3)CC2)ccc1C(=O)Nc1n[nH]c2ccc(Cc3cc(F)cc(F)c3)cc12. The van der Waals surface area contributed by atoms with Gasteiger partial charge < -0.3 is 25.8 Å². The highest BCUT2D eigenvalue weighted by Crippen LogP contribution is 2.31. The molecule has 0 spiro atoms. The number of likely N-dealkylation sites (tertiary alicyclic amines) is 1. The minimum Gasteiger partial charge on any atom is -0.382 e. The first-order chi connectivity index (χ1) is 29.4. The average Bonchev–Trinajstić information content (AvgIpc) is 3.63. The molecule has 0 aliphatic carbocycles. The summed E-state index contributed by atoms with van der Waals surface area (Å²) in [5.74, 6) is -1.23. The quantitative estimate of drug-likeness (QED) is 0.0919. The zero-order valence-corrected chi connectivity index (χ0v) is 34.4. The molecule has 4 aromatic carbocycles. The van der Waals surface area contributed by atoms with Crippen LogP contribution in [0.5, 0.6) is 0 Å². The van der Waals surface area contributed by atoms with Crippen LogP contribution in [0.3, 0.4) is 0 Å². The number of aromatic amines is 1. The smallest absolute Gasteiger partial charge is 0.258 e. The molecule has 5 N–H and O–H groups in total. The summed E-state index contributed by atoms with van der Waals surface area (Å²) in [4.78, 5) is 57.3. The molecule has 1 atom stereocenters. The number of nitrogens with one attached hydrogen (secondary N) is 5. The Kier molecular flexibility index (Phi) is 12.3. The number of aromatic nitrogens is 2. The summed E-state index contributed by atoms with van der Waals surface area (Å²) in [7, 11) is 0. The molecule has 1 unspecified atom stereocenters. The van der Waals surface area contributed by atoms with Crippen LogP contribution in [0.2, 0.25) is 0 Å². The number of piperidine rings is 2. The molecule has 15 heteroatoms. The second kappa shape index (κ2) is 18.1. The molecule has 8 rings (SSSR count). The van der Waals surface area contributed by atoms with E-state index in [4.69, 9.17) is 0 Å². The van der Waals surface area contributed by atoms with E-state index >= 15 is 0 Å². The lowest BCUT2D eigenvalue weighted by atomic mass is 9.89. The van der Waals surface area contributed by atoms with Crippen molar-refractivity contribution in [2.75, 3.05) is 66.7 Å². The van der Waals surface area contributed by atoms with E-state index in [-0.39, 0.29) is 29.7 Å². The van der Waals surface area contributed by atoms with Crippen LogP contribution in [0, 0.1) is 11.6 Å². The van der Waals surface area contributed by atoms with Gasteiger partial charge in [-0.25, -0.2) is 8.78 Å². The lowest BCUT2D eigenvalue weighted by Crippen LogP contribution is -2.52. The van der Waals surface area contributed by atoms with Crippen LogP contribution in [0.1, 0.15) is 72.5 Å². The molecule has 13 nitrogen and oxygen atoms in total. The number of fused-ring (bicyclic) bond motifs is 1. The van der Waals surface area contributed by atoms with Crippen molar-refractivity contribution in [2.45, 2.75) is 64.0 Å². The summed E-state index contributed by atoms with van der Waals surface area (Å²) in [6.45, 7) is 8.64. The van der Waals surface area contributed by atoms with Gasteiger partial charge in [0.1, 0.15) is 17.7 Å². The van der Waals surface area contributed by atoms with E-state index in [0.29, 0.717) is 91.4 Å². The summed E-state index contributed by atoms with van der Waals surface area (Å²) >= 11 is 0. The zero-order valence-electron chi connectivity index (χ0n) is 34.4. The summed E-state index contributed by atoms with van der Waals surface area (Å²) < 4.78 is 27.7. The molecule has 0 radical (unpaired) electrons. The number of amides is 4. The van der Waals surface area contributed by atoms with Crippen molar-refractivity contribution in [1.29, 1.82) is 0 Å². The first-order valence-electron chi connectivity index (χ1n) is 21.0. The number of nitrogens with zero attached hydrogens (tertiary/aromatic N) is 4. The predicted octanol–water partition coefficient (Wildman–Crippen LogP) is 6.25. The lowest BCUT2D eigenvalue weighted by molar-refractivity contribution is -0.134. The average molecular weight is 832 g/mol. The van der Waals surface area contributed by atoms with Gasteiger partial charge in [0.15, 0.2) is 5.82 Å². The van der Waals surface area contributed by atoms with Crippen LogP contribution < -0.4 is 26.2 Å². The van der Waals surface area contributed by atoms with Crippen LogP contribution in [0.4, 0.5) is 31.7 Å². The molecule has 0 saturated carbocycles. The van der Waals surface area contributed by atoms with Crippen LogP contribution in [-0.2, 0) is 20.8 Å². The van der Waals surface area contributed by atoms with Gasteiger partial charge in [-0.2, -0.15) is 5.10 Å². The van der Waals surface area contributed by atoms with E-state index in [1.54, 1.807) is 0 Å². The Labute approximate surface area is 353 Å². The fraction of sp³-hybridized carbons (Fsp3) is 0.370. The number of piperazine rings is 1. The Morgan fingerprint density at radius 3 is 2.28 bits per heavy atom. The molecule has 3 aliphatic heterocycles. The Hall–Kier alpha value is -6.35. The van der Waals surface area contributed by atoms with Gasteiger partial charge >= 0.3 is 0 Å². The first kappa shape index (κ1) is 41.4. The number of hydrogen-bond donors (Lipinski definition) is 5. The molecule has 318 valence electrons. The Morgan fingerprint density at radius 2 is 1.57 bits per heavy atom. The largest absolute Gasteiger partial charge is 0.382 e. The molecule has 0 bridgehead atoms. The van der Waals surface area contributed by atoms with E-state index in [1.807, 2.05) is 67.3 Å². The standard InChI is InChI=1S/C46H51F2N9O4/c1-28(2)49-41-26-36(8-9-37(41)45(60)52-44-38-24-29(3-10-39(38)53-54-44)21-30-22-33(47)25-34(48)23-30)56-17-19-57(20-18-56)43(59)27-55-15-13-32(14-16-55)31-4-6-35(7-5-31)50-40-11-12-42(58)51-46(40)61/h3-10,22-26,28,32,40,49-50H,11-21,27H2,1-2H3,(H,51,58,61)(H2,52,53,54,60). The molecule has 5 aromatic rings. The number of rotatable bonds is 12. The van der Waals surface area contributed by atoms with Gasteiger partial charge in [-0.3, -0.25) is 34.5 Å². The predicted molar refractivity (Wildman–Crippen MR) is 232 cm³/mol. The van der Waals surface area contributed by atoms with Gasteiger partial charge in [0.25, 0.3) is 5.91 Å². The number of carbonyl (C=O) groups excluding carboxylic acids is 4. The summed E-state index contributed by atoms with van der Waals surface area (Å²) in [6, 6.07) is 22.6. The Bertz CT molecular complexity index is 2400. The van der Waals surface area contributed by atoms with E-state index in [2.05, 4.69) is 53.4 Å². The second-order valence-electron chi connectivity index (χ2n) is 16.6. The summed E-state index contributed by atoms with van der Waals surface area (Å²) in [5, 5.41) is 20.0. The molecule has 3 fully saturated rings. The number of imide groups is 1. The number of hydrogen-bond acceptors (Lipinski definition) is 9. The maximum Gasteiger partial charge on any atom is 0.258 e. The molecule has 3 aliphatic rings. The second-order valence-corrected chi connectivity index (χ2v) is 16.6. The maximum absolute atomic E-state index is 13.8. The molecule has 1 aromatic heterocycles. The van der Waals surface area contributed by atoms with Gasteiger partial charge in [-0.15, -0.1) is 0 Å². The topological polar surface area (TPSA) is 155 Å². The monoisotopic (exact) mass is 831 g/mol. The lowest BCUT2D eigenvalue weighted by Gasteiger charge is -2.38. The van der Waals surface area contributed by atoms with Crippen LogP contribution >= 0.6 is 0 Å². The highest BCUT2D eigenvalue weighted by molar-refractivity contribution is 6.11. The number of carbonyl (C=O) groups is 4. The normalized spacial score (nSPS) is 17.8. The van der Waals surface area contributed by atoms with Crippen molar-refractivity contribution in [3.63, 3.8) is 0 Å². The highest BCUT2D eigenvalue weighted by Gasteiger charge is 2.29. The molecule has 3 saturated heterocycles. The van der Waals surface area contributed by atoms with Gasteiger partial charge in [-0.05, 0) is 130 Å². The number of benzene rings is 4. The fourth-order valence-electron chi connectivity index (χ4n) is 8.56. The number of H-pyrrole nitrogens is 1. The maximum atomic E-state index is 13.8. The Morgan fingerprint density at radius 1 is 0.836 bits per heavy atom. The summed E-state index contributed by atoms with van der Waals surface area (Å²) in [6.07, 6.45) is 3.05. The van der Waals surface area contributed by atoms with Crippen LogP contribution in [0.15, 0.2) is 78.9 Å². The van der Waals surface area contributed by atoms with Crippen molar-refractivity contribution >= 4 is 57.4 Å². The van der Waals surface area contributed by atoms with Gasteiger partial charge in [0.2, 0.25) is 17.7 Å². The Balaban J connectivity index is 0.831. The fourth-order valence-corrected chi connectivity index (χ4v) is 8.56. The molecule has 61 heavy (non-hydrogen) atoms.